The summed E-state index contributed by atoms with van der Waals surface area (Å²) in [5.41, 5.74) is 0. The van der Waals surface area contributed by atoms with Gasteiger partial charge in [0, 0.05) is 0 Å². The number of nitrogens with zero attached hydrogens (tertiary/aromatic N) is 2. The van der Waals surface area contributed by atoms with Crippen LogP contribution in [0, 0.1) is 0 Å². The summed E-state index contributed by atoms with van der Waals surface area (Å²) < 4.78 is 8.88. The molecule has 0 radical (unpaired) electrons. The summed E-state index contributed by atoms with van der Waals surface area (Å²) in [6.07, 6.45) is 30.2. The van der Waals surface area contributed by atoms with Gasteiger partial charge in [-0.05, 0) is 0 Å². The molecule has 0 aliphatic rings. The van der Waals surface area contributed by atoms with Gasteiger partial charge in [-0.25, -0.2) is 0 Å². The van der Waals surface area contributed by atoms with Crippen LogP contribution in [0.5, 0.6) is 0 Å². The Morgan fingerprint density at radius 2 is 0.935 bits per heavy atom. The molecule has 0 amide bonds. The van der Waals surface area contributed by atoms with E-state index in [1.807, 2.05) is 0 Å². The van der Waals surface area contributed by atoms with E-state index in [0.717, 1.165) is 0 Å². The first-order valence-corrected chi connectivity index (χ1v) is 21.6. The zero-order valence-corrected chi connectivity index (χ0v) is 24.8. The molecule has 1 rings (SSSR count). The molecule has 1 aromatic heterocycles. The monoisotopic (exact) mass is 540 g/mol. The van der Waals surface area contributed by atoms with Crippen molar-refractivity contribution < 1.29 is 0 Å². The average molecular weight is 539 g/mol. The van der Waals surface area contributed by atoms with Gasteiger partial charge in [-0.3, -0.25) is 0 Å². The molecule has 0 bridgehead atoms. The van der Waals surface area contributed by atoms with Crippen LogP contribution in [0.15, 0.2) is 12.5 Å². The van der Waals surface area contributed by atoms with Gasteiger partial charge in [0.25, 0.3) is 0 Å². The fraction of sp³-hybridized carbons (Fsp3) is 0.893. The standard InChI is InChI=1S/3C8H17.C4H5N2.Sn/c3*1-3-5-7-8-6-4-2;1-6-3-2-5-4-6;/h3*1,3-8H2,2H3;2,4H,1H3;. The molecular formula is C28H56N2Sn. The van der Waals surface area contributed by atoms with Crippen LogP contribution in [0.3, 0.4) is 0 Å². The molecule has 182 valence electrons. The van der Waals surface area contributed by atoms with Gasteiger partial charge in [0.2, 0.25) is 0 Å². The van der Waals surface area contributed by atoms with Crippen LogP contribution in [0.2, 0.25) is 13.3 Å². The van der Waals surface area contributed by atoms with E-state index in [0.29, 0.717) is 0 Å². The third kappa shape index (κ3) is 12.7. The average Bonchev–Trinajstić information content (AvgIpc) is 3.21. The van der Waals surface area contributed by atoms with Gasteiger partial charge >= 0.3 is 201 Å². The predicted molar refractivity (Wildman–Crippen MR) is 143 cm³/mol. The van der Waals surface area contributed by atoms with Crippen molar-refractivity contribution in [1.29, 1.82) is 0 Å². The van der Waals surface area contributed by atoms with Gasteiger partial charge in [0.15, 0.2) is 0 Å². The summed E-state index contributed by atoms with van der Waals surface area (Å²) >= 11 is -2.40. The molecule has 0 fully saturated rings. The van der Waals surface area contributed by atoms with Gasteiger partial charge in [-0.2, -0.15) is 0 Å². The summed E-state index contributed by atoms with van der Waals surface area (Å²) in [6.45, 7) is 6.97. The van der Waals surface area contributed by atoms with Crippen molar-refractivity contribution in [1.82, 2.24) is 9.55 Å². The molecule has 1 heterocycles. The van der Waals surface area contributed by atoms with E-state index in [-0.39, 0.29) is 0 Å². The van der Waals surface area contributed by atoms with Gasteiger partial charge in [-0.15, -0.1) is 0 Å². The van der Waals surface area contributed by atoms with E-state index in [9.17, 15) is 0 Å². The van der Waals surface area contributed by atoms with Gasteiger partial charge in [-0.1, -0.05) is 0 Å². The molecule has 0 saturated heterocycles. The van der Waals surface area contributed by atoms with E-state index >= 15 is 0 Å². The van der Waals surface area contributed by atoms with Crippen molar-refractivity contribution >= 4 is 22.1 Å². The van der Waals surface area contributed by atoms with Crippen LogP contribution in [-0.2, 0) is 7.05 Å². The Bertz CT molecular complexity index is 470. The topological polar surface area (TPSA) is 17.8 Å². The molecule has 1 aromatic rings. The van der Waals surface area contributed by atoms with Gasteiger partial charge < -0.3 is 0 Å². The predicted octanol–water partition coefficient (Wildman–Crippen LogP) is 9.16. The van der Waals surface area contributed by atoms with Crippen molar-refractivity contribution in [2.24, 2.45) is 7.05 Å². The summed E-state index contributed by atoms with van der Waals surface area (Å²) in [7, 11) is 2.28. The van der Waals surface area contributed by atoms with Crippen molar-refractivity contribution in [3.63, 3.8) is 0 Å². The zero-order valence-electron chi connectivity index (χ0n) is 21.9. The first kappa shape index (κ1) is 29.0. The summed E-state index contributed by atoms with van der Waals surface area (Å²) in [5.74, 6) is 0. The molecule has 0 aromatic carbocycles. The number of hydrogen-bond donors (Lipinski definition) is 0. The first-order valence-electron chi connectivity index (χ1n) is 14.2. The quantitative estimate of drug-likeness (QED) is 0.106. The number of imidazole rings is 1. The number of aryl methyl sites for hydroxylation is 1. The first-order chi connectivity index (χ1) is 15.2. The van der Waals surface area contributed by atoms with Crippen LogP contribution >= 0.6 is 0 Å². The van der Waals surface area contributed by atoms with E-state index in [4.69, 9.17) is 0 Å². The van der Waals surface area contributed by atoms with Crippen LogP contribution in [0.25, 0.3) is 0 Å². The van der Waals surface area contributed by atoms with Crippen molar-refractivity contribution in [3.8, 4) is 0 Å². The van der Waals surface area contributed by atoms with E-state index in [1.54, 1.807) is 17.0 Å². The molecule has 3 heteroatoms. The van der Waals surface area contributed by atoms with Crippen molar-refractivity contribution in [2.45, 2.75) is 150 Å². The second-order valence-electron chi connectivity index (χ2n) is 10.2. The zero-order chi connectivity index (χ0) is 22.6. The Labute approximate surface area is 200 Å². The summed E-state index contributed by atoms with van der Waals surface area (Å²) in [5, 5.41) is 0. The normalized spacial score (nSPS) is 12.0. The minimum atomic E-state index is -2.40. The molecule has 0 aliphatic carbocycles. The summed E-state index contributed by atoms with van der Waals surface area (Å²) in [4.78, 5) is 4.61. The molecule has 2 nitrogen and oxygen atoms in total. The maximum atomic E-state index is 4.61. The number of rotatable bonds is 22. The fourth-order valence-corrected chi connectivity index (χ4v) is 20.9. The van der Waals surface area contributed by atoms with Gasteiger partial charge in [0.1, 0.15) is 0 Å². The van der Waals surface area contributed by atoms with Crippen molar-refractivity contribution in [2.75, 3.05) is 0 Å². The van der Waals surface area contributed by atoms with E-state index < -0.39 is 18.4 Å². The number of aromatic nitrogens is 2. The van der Waals surface area contributed by atoms with Crippen LogP contribution in [0.1, 0.15) is 136 Å². The van der Waals surface area contributed by atoms with E-state index in [2.05, 4.69) is 49.9 Å². The Morgan fingerprint density at radius 1 is 0.581 bits per heavy atom. The Hall–Kier alpha value is 0.00870. The van der Waals surface area contributed by atoms with Crippen LogP contribution in [0.4, 0.5) is 0 Å². The molecule has 0 spiro atoms. The molecule has 0 N–H and O–H groups in total. The number of hydrogen-bond acceptors (Lipinski definition) is 1. The van der Waals surface area contributed by atoms with Crippen LogP contribution < -0.4 is 3.71 Å². The molecular weight excluding hydrogens is 483 g/mol. The number of unbranched alkanes of at least 4 members (excludes halogenated alkanes) is 15. The molecule has 0 aliphatic heterocycles. The second-order valence-corrected chi connectivity index (χ2v) is 23.3. The third-order valence-corrected chi connectivity index (χ3v) is 23.1. The fourth-order valence-electron chi connectivity index (χ4n) is 5.36. The Morgan fingerprint density at radius 3 is 1.26 bits per heavy atom. The van der Waals surface area contributed by atoms with Crippen LogP contribution in [-0.4, -0.2) is 27.9 Å². The van der Waals surface area contributed by atoms with E-state index in [1.165, 1.54) is 116 Å². The Kier molecular flexibility index (Phi) is 18.2. The Balaban J connectivity index is 2.72. The molecule has 0 saturated carbocycles. The molecule has 31 heavy (non-hydrogen) atoms. The SMILES string of the molecule is CCCCCCC[CH2][Sn]([CH2]CCCCCCC)([CH2]CCCCCCC)[c]1cncn1C. The van der Waals surface area contributed by atoms with Gasteiger partial charge in [0.05, 0.1) is 0 Å². The van der Waals surface area contributed by atoms with Crippen molar-refractivity contribution in [3.05, 3.63) is 12.5 Å². The summed E-state index contributed by atoms with van der Waals surface area (Å²) in [6, 6.07) is 0. The second kappa shape index (κ2) is 19.5. The maximum absolute atomic E-state index is 4.61. The molecule has 0 unspecified atom stereocenters. The minimum absolute atomic E-state index is 1.36. The molecule has 0 atom stereocenters. The third-order valence-electron chi connectivity index (χ3n) is 7.39.